The number of nitrogens with zero attached hydrogens (tertiary/aromatic N) is 2. The first kappa shape index (κ1) is 31.1. The quantitative estimate of drug-likeness (QED) is 0.212. The molecule has 1 fully saturated rings. The van der Waals surface area contributed by atoms with Gasteiger partial charge < -0.3 is 25.2 Å². The lowest BCUT2D eigenvalue weighted by atomic mass is 10.00. The number of urea groups is 1. The van der Waals surface area contributed by atoms with Crippen LogP contribution in [0.3, 0.4) is 0 Å². The maximum absolute atomic E-state index is 14.0. The Hall–Kier alpha value is -4.36. The fraction of sp³-hybridized carbons (Fsp3) is 0.351. The van der Waals surface area contributed by atoms with Crippen molar-refractivity contribution in [3.8, 4) is 0 Å². The molecule has 0 aromatic heterocycles. The molecule has 3 amide bonds. The molecule has 4 aromatic carbocycles. The van der Waals surface area contributed by atoms with E-state index in [0.717, 1.165) is 35.0 Å². The van der Waals surface area contributed by atoms with Gasteiger partial charge in [-0.05, 0) is 67.1 Å². The van der Waals surface area contributed by atoms with Crippen LogP contribution < -0.4 is 10.6 Å². The molecule has 0 saturated carbocycles. The minimum absolute atomic E-state index is 0.130. The van der Waals surface area contributed by atoms with E-state index in [0.29, 0.717) is 26.1 Å². The largest absolute Gasteiger partial charge is 0.444 e. The highest BCUT2D eigenvalue weighted by Gasteiger charge is 2.35. The van der Waals surface area contributed by atoms with Crippen LogP contribution in [-0.4, -0.2) is 46.7 Å². The molecule has 230 valence electrons. The van der Waals surface area contributed by atoms with Crippen LogP contribution in [0, 0.1) is 0 Å². The Morgan fingerprint density at radius 1 is 0.864 bits per heavy atom. The van der Waals surface area contributed by atoms with E-state index < -0.39 is 5.60 Å². The molecule has 44 heavy (non-hydrogen) atoms. The van der Waals surface area contributed by atoms with Crippen molar-refractivity contribution in [1.82, 2.24) is 20.4 Å². The zero-order chi connectivity index (χ0) is 31.1. The lowest BCUT2D eigenvalue weighted by Crippen LogP contribution is -2.48. The second-order valence-corrected chi connectivity index (χ2v) is 12.6. The normalized spacial score (nSPS) is 15.6. The van der Waals surface area contributed by atoms with Crippen LogP contribution in [0.25, 0.3) is 10.8 Å². The van der Waals surface area contributed by atoms with Gasteiger partial charge in [0.1, 0.15) is 5.60 Å². The molecular weight excluding hydrogens is 548 g/mol. The van der Waals surface area contributed by atoms with Gasteiger partial charge in [-0.2, -0.15) is 0 Å². The van der Waals surface area contributed by atoms with E-state index in [1.54, 1.807) is 4.90 Å². The van der Waals surface area contributed by atoms with E-state index >= 15 is 0 Å². The monoisotopic (exact) mass is 592 g/mol. The van der Waals surface area contributed by atoms with Crippen molar-refractivity contribution in [3.05, 3.63) is 119 Å². The number of ether oxygens (including phenoxy) is 1. The Labute approximate surface area is 261 Å². The average molecular weight is 593 g/mol. The molecule has 0 radical (unpaired) electrons. The van der Waals surface area contributed by atoms with Gasteiger partial charge in [0.25, 0.3) is 0 Å². The maximum Gasteiger partial charge on any atom is 0.410 e. The van der Waals surface area contributed by atoms with Crippen molar-refractivity contribution in [3.63, 3.8) is 0 Å². The first-order chi connectivity index (χ1) is 21.2. The molecule has 0 bridgehead atoms. The van der Waals surface area contributed by atoms with Crippen LogP contribution >= 0.6 is 0 Å². The summed E-state index contributed by atoms with van der Waals surface area (Å²) in [5, 5.41) is 9.03. The van der Waals surface area contributed by atoms with Crippen LogP contribution in [0.15, 0.2) is 97.1 Å². The van der Waals surface area contributed by atoms with E-state index in [2.05, 4.69) is 71.3 Å². The summed E-state index contributed by atoms with van der Waals surface area (Å²) >= 11 is 0. The van der Waals surface area contributed by atoms with Gasteiger partial charge in [0, 0.05) is 32.7 Å². The lowest BCUT2D eigenvalue weighted by Gasteiger charge is -2.31. The Bertz CT molecular complexity index is 1540. The molecule has 1 aliphatic rings. The summed E-state index contributed by atoms with van der Waals surface area (Å²) in [5.41, 5.74) is 3.98. The van der Waals surface area contributed by atoms with Crippen LogP contribution in [0.1, 0.15) is 62.4 Å². The van der Waals surface area contributed by atoms with Crippen LogP contribution in [0.2, 0.25) is 0 Å². The fourth-order valence-corrected chi connectivity index (χ4v) is 5.74. The second kappa shape index (κ2) is 14.0. The van der Waals surface area contributed by atoms with Gasteiger partial charge in [-0.25, -0.2) is 9.59 Å². The maximum atomic E-state index is 14.0. The predicted molar refractivity (Wildman–Crippen MR) is 176 cm³/mol. The van der Waals surface area contributed by atoms with Crippen molar-refractivity contribution in [2.24, 2.45) is 0 Å². The summed E-state index contributed by atoms with van der Waals surface area (Å²) in [5.74, 6) is 0. The molecule has 7 heteroatoms. The number of nitrogens with one attached hydrogen (secondary N) is 2. The molecule has 0 spiro atoms. The molecule has 0 aliphatic carbocycles. The molecule has 2 atom stereocenters. The lowest BCUT2D eigenvalue weighted by molar-refractivity contribution is 0.0282. The highest BCUT2D eigenvalue weighted by atomic mass is 16.6. The smallest absolute Gasteiger partial charge is 0.410 e. The number of carbonyl (C=O) groups excluding carboxylic acids is 2. The number of fused-ring (bicyclic) bond motifs is 1. The highest BCUT2D eigenvalue weighted by Crippen LogP contribution is 2.26. The fourth-order valence-electron chi connectivity index (χ4n) is 5.74. The molecule has 7 nitrogen and oxygen atoms in total. The third-order valence-corrected chi connectivity index (χ3v) is 8.02. The van der Waals surface area contributed by atoms with E-state index in [9.17, 15) is 9.59 Å². The molecule has 2 N–H and O–H groups in total. The Morgan fingerprint density at radius 3 is 2.23 bits per heavy atom. The van der Waals surface area contributed by atoms with Crippen LogP contribution in [0.4, 0.5) is 9.59 Å². The summed E-state index contributed by atoms with van der Waals surface area (Å²) < 4.78 is 5.63. The van der Waals surface area contributed by atoms with Crippen molar-refractivity contribution < 1.29 is 14.3 Å². The van der Waals surface area contributed by atoms with E-state index in [1.165, 1.54) is 11.1 Å². The van der Waals surface area contributed by atoms with Crippen molar-refractivity contribution in [2.45, 2.75) is 71.4 Å². The first-order valence-electron chi connectivity index (χ1n) is 15.5. The van der Waals surface area contributed by atoms with Gasteiger partial charge in [0.2, 0.25) is 0 Å². The minimum atomic E-state index is -0.572. The number of benzene rings is 4. The standard InChI is InChI=1S/C37H44N4O3/c1-27(33-16-10-14-31-13-8-9-15-34(31)33)39-35(42)41(32-21-22-40(26-32)36(43)44-37(2,3)4)25-30-19-17-29(18-20-30)24-38-23-28-11-6-5-7-12-28/h5-20,27,32,38H,21-26H2,1-4H3,(H,39,42)/t27-,32?/m0/s1. The van der Waals surface area contributed by atoms with E-state index in [1.807, 2.05) is 69.0 Å². The van der Waals surface area contributed by atoms with Crippen molar-refractivity contribution in [1.29, 1.82) is 0 Å². The topological polar surface area (TPSA) is 73.9 Å². The van der Waals surface area contributed by atoms with Gasteiger partial charge in [-0.1, -0.05) is 97.1 Å². The molecule has 1 unspecified atom stereocenters. The SMILES string of the molecule is C[C@H](NC(=O)N(Cc1ccc(CNCc2ccccc2)cc1)C1CCN(C(=O)OC(C)(C)C)C1)c1cccc2ccccc12. The molecule has 1 aliphatic heterocycles. The third-order valence-electron chi connectivity index (χ3n) is 8.02. The van der Waals surface area contributed by atoms with Gasteiger partial charge in [-0.15, -0.1) is 0 Å². The average Bonchev–Trinajstić information content (AvgIpc) is 3.50. The molecule has 4 aromatic rings. The Balaban J connectivity index is 1.29. The summed E-state index contributed by atoms with van der Waals surface area (Å²) in [4.78, 5) is 30.4. The number of likely N-dealkylation sites (tertiary alicyclic amines) is 1. The Morgan fingerprint density at radius 2 is 1.50 bits per heavy atom. The summed E-state index contributed by atoms with van der Waals surface area (Å²) in [6.07, 6.45) is 0.355. The highest BCUT2D eigenvalue weighted by molar-refractivity contribution is 5.86. The third kappa shape index (κ3) is 8.17. The van der Waals surface area contributed by atoms with Gasteiger partial charge in [0.05, 0.1) is 12.1 Å². The second-order valence-electron chi connectivity index (χ2n) is 12.6. The van der Waals surface area contributed by atoms with Crippen molar-refractivity contribution in [2.75, 3.05) is 13.1 Å². The number of hydrogen-bond acceptors (Lipinski definition) is 4. The zero-order valence-electron chi connectivity index (χ0n) is 26.3. The van der Waals surface area contributed by atoms with E-state index in [-0.39, 0.29) is 24.2 Å². The number of carbonyl (C=O) groups is 2. The summed E-state index contributed by atoms with van der Waals surface area (Å²) in [6, 6.07) is 32.7. The molecule has 1 heterocycles. The Kier molecular flexibility index (Phi) is 9.85. The summed E-state index contributed by atoms with van der Waals surface area (Å²) in [7, 11) is 0. The number of rotatable bonds is 9. The van der Waals surface area contributed by atoms with E-state index in [4.69, 9.17) is 4.74 Å². The number of hydrogen-bond donors (Lipinski definition) is 2. The first-order valence-corrected chi connectivity index (χ1v) is 15.5. The van der Waals surface area contributed by atoms with Crippen LogP contribution in [0.5, 0.6) is 0 Å². The molecular formula is C37H44N4O3. The van der Waals surface area contributed by atoms with Crippen LogP contribution in [-0.2, 0) is 24.4 Å². The number of amides is 3. The van der Waals surface area contributed by atoms with Gasteiger partial charge >= 0.3 is 12.1 Å². The molecule has 5 rings (SSSR count). The van der Waals surface area contributed by atoms with Gasteiger partial charge in [-0.3, -0.25) is 0 Å². The minimum Gasteiger partial charge on any atom is -0.444 e. The van der Waals surface area contributed by atoms with Gasteiger partial charge in [0.15, 0.2) is 0 Å². The summed E-state index contributed by atoms with van der Waals surface area (Å²) in [6.45, 7) is 10.6. The zero-order valence-corrected chi connectivity index (χ0v) is 26.3. The van der Waals surface area contributed by atoms with Crippen molar-refractivity contribution >= 4 is 22.9 Å². The molecule has 1 saturated heterocycles. The predicted octanol–water partition coefficient (Wildman–Crippen LogP) is 7.41.